The Morgan fingerprint density at radius 1 is 1.14 bits per heavy atom. The van der Waals surface area contributed by atoms with Crippen molar-refractivity contribution in [3.63, 3.8) is 0 Å². The third-order valence-electron chi connectivity index (χ3n) is 3.24. The molecule has 2 heterocycles. The summed E-state index contributed by atoms with van der Waals surface area (Å²) in [6, 6.07) is 8.81. The first-order chi connectivity index (χ1) is 10.2. The first-order valence-corrected chi connectivity index (χ1v) is 6.71. The molecular weight excluding hydrogens is 274 g/mol. The van der Waals surface area contributed by atoms with Gasteiger partial charge in [0.2, 0.25) is 0 Å². The first kappa shape index (κ1) is 13.7. The number of nitrogens with zero attached hydrogens (tertiary/aromatic N) is 1. The molecule has 1 aromatic carbocycles. The van der Waals surface area contributed by atoms with Crippen LogP contribution in [0.5, 0.6) is 0 Å². The molecule has 3 aromatic rings. The van der Waals surface area contributed by atoms with Gasteiger partial charge in [-0.1, -0.05) is 6.92 Å². The third-order valence-corrected chi connectivity index (χ3v) is 3.24. The predicted molar refractivity (Wildman–Crippen MR) is 75.9 cm³/mol. The molecule has 5 heteroatoms. The number of pyridine rings is 1. The zero-order valence-corrected chi connectivity index (χ0v) is 11.4. The van der Waals surface area contributed by atoms with E-state index in [1.165, 1.54) is 24.4 Å². The van der Waals surface area contributed by atoms with Crippen LogP contribution in [0.2, 0.25) is 0 Å². The van der Waals surface area contributed by atoms with E-state index in [0.717, 1.165) is 0 Å². The highest BCUT2D eigenvalue weighted by Crippen LogP contribution is 2.28. The summed E-state index contributed by atoms with van der Waals surface area (Å²) in [6.07, 6.45) is 1.17. The maximum absolute atomic E-state index is 13.3. The van der Waals surface area contributed by atoms with Crippen LogP contribution in [-0.4, -0.2) is 11.5 Å². The Hall–Kier alpha value is -2.27. The number of aromatic nitrogens is 1. The lowest BCUT2D eigenvalue weighted by Gasteiger charge is -2.14. The molecule has 0 aliphatic heterocycles. The Morgan fingerprint density at radius 2 is 1.95 bits per heavy atom. The molecule has 21 heavy (non-hydrogen) atoms. The second kappa shape index (κ2) is 5.61. The summed E-state index contributed by atoms with van der Waals surface area (Å²) in [7, 11) is 0. The van der Waals surface area contributed by atoms with Crippen molar-refractivity contribution in [2.24, 2.45) is 0 Å². The average Bonchev–Trinajstić information content (AvgIpc) is 2.88. The van der Waals surface area contributed by atoms with Crippen molar-refractivity contribution in [2.75, 3.05) is 6.54 Å². The quantitative estimate of drug-likeness (QED) is 0.793. The Kier molecular flexibility index (Phi) is 3.66. The summed E-state index contributed by atoms with van der Waals surface area (Å²) in [4.78, 5) is 4.09. The molecular formula is C16H14F2N2O. The van der Waals surface area contributed by atoms with Crippen LogP contribution in [0.1, 0.15) is 24.4 Å². The number of benzene rings is 1. The van der Waals surface area contributed by atoms with Crippen molar-refractivity contribution < 1.29 is 13.2 Å². The molecule has 0 saturated heterocycles. The van der Waals surface area contributed by atoms with Crippen LogP contribution < -0.4 is 5.32 Å². The molecule has 0 amide bonds. The molecule has 0 aliphatic carbocycles. The summed E-state index contributed by atoms with van der Waals surface area (Å²) in [5.74, 6) is -0.0769. The van der Waals surface area contributed by atoms with Crippen LogP contribution in [-0.2, 0) is 0 Å². The van der Waals surface area contributed by atoms with Gasteiger partial charge in [-0.3, -0.25) is 4.98 Å². The molecule has 0 spiro atoms. The van der Waals surface area contributed by atoms with Crippen LogP contribution in [0.3, 0.4) is 0 Å². The largest absolute Gasteiger partial charge is 0.459 e. The van der Waals surface area contributed by atoms with Gasteiger partial charge in [0.25, 0.3) is 0 Å². The zero-order chi connectivity index (χ0) is 14.8. The highest BCUT2D eigenvalue weighted by Gasteiger charge is 2.19. The van der Waals surface area contributed by atoms with E-state index in [2.05, 4.69) is 10.3 Å². The van der Waals surface area contributed by atoms with Gasteiger partial charge in [0.15, 0.2) is 0 Å². The van der Waals surface area contributed by atoms with E-state index in [9.17, 15) is 8.78 Å². The van der Waals surface area contributed by atoms with Crippen LogP contribution >= 0.6 is 0 Å². The molecule has 0 saturated carbocycles. The highest BCUT2D eigenvalue weighted by molar-refractivity contribution is 5.78. The van der Waals surface area contributed by atoms with Gasteiger partial charge in [0.05, 0.1) is 11.9 Å². The number of hydrogen-bond donors (Lipinski definition) is 1. The minimum atomic E-state index is -0.388. The fraction of sp³-hybridized carbons (Fsp3) is 0.188. The minimum absolute atomic E-state index is 0.300. The van der Waals surface area contributed by atoms with E-state index in [0.29, 0.717) is 29.0 Å². The Bertz CT molecular complexity index is 753. The number of fused-ring (bicyclic) bond motifs is 1. The summed E-state index contributed by atoms with van der Waals surface area (Å²) in [6.45, 7) is 2.65. The van der Waals surface area contributed by atoms with E-state index < -0.39 is 0 Å². The second-order valence-corrected chi connectivity index (χ2v) is 4.72. The van der Waals surface area contributed by atoms with Crippen molar-refractivity contribution in [3.05, 3.63) is 65.7 Å². The van der Waals surface area contributed by atoms with Crippen molar-refractivity contribution in [2.45, 2.75) is 13.0 Å². The molecule has 0 aliphatic rings. The fourth-order valence-electron chi connectivity index (χ4n) is 2.29. The van der Waals surface area contributed by atoms with E-state index in [4.69, 9.17) is 4.42 Å². The molecule has 108 valence electrons. The van der Waals surface area contributed by atoms with Gasteiger partial charge in [0.1, 0.15) is 29.0 Å². The van der Waals surface area contributed by atoms with E-state index in [1.54, 1.807) is 18.2 Å². The monoisotopic (exact) mass is 288 g/mol. The molecule has 0 radical (unpaired) electrons. The lowest BCUT2D eigenvalue weighted by Crippen LogP contribution is -2.22. The number of furan rings is 1. The number of halogens is 2. The zero-order valence-electron chi connectivity index (χ0n) is 11.4. The maximum atomic E-state index is 13.3. The van der Waals surface area contributed by atoms with Gasteiger partial charge < -0.3 is 9.73 Å². The third kappa shape index (κ3) is 2.78. The summed E-state index contributed by atoms with van der Waals surface area (Å²) in [5.41, 5.74) is 1.26. The topological polar surface area (TPSA) is 38.1 Å². The number of nitrogens with one attached hydrogen (secondary N) is 1. The van der Waals surface area contributed by atoms with Crippen LogP contribution in [0, 0.1) is 11.6 Å². The highest BCUT2D eigenvalue weighted by atomic mass is 19.1. The second-order valence-electron chi connectivity index (χ2n) is 4.72. The SMILES string of the molecule is CCNC(c1ccc(F)cn1)c1cc2cc(F)ccc2o1. The van der Waals surface area contributed by atoms with Crippen molar-refractivity contribution in [1.82, 2.24) is 10.3 Å². The average molecular weight is 288 g/mol. The predicted octanol–water partition coefficient (Wildman–Crippen LogP) is 3.80. The van der Waals surface area contributed by atoms with Gasteiger partial charge >= 0.3 is 0 Å². The molecule has 2 aromatic heterocycles. The fourth-order valence-corrected chi connectivity index (χ4v) is 2.29. The smallest absolute Gasteiger partial charge is 0.141 e. The maximum Gasteiger partial charge on any atom is 0.141 e. The first-order valence-electron chi connectivity index (χ1n) is 6.71. The molecule has 1 N–H and O–H groups in total. The Balaban J connectivity index is 2.04. The molecule has 0 fully saturated rings. The van der Waals surface area contributed by atoms with Crippen molar-refractivity contribution in [3.8, 4) is 0 Å². The lowest BCUT2D eigenvalue weighted by atomic mass is 10.1. The molecule has 3 nitrogen and oxygen atoms in total. The molecule has 0 bridgehead atoms. The van der Waals surface area contributed by atoms with Crippen molar-refractivity contribution >= 4 is 11.0 Å². The molecule has 1 unspecified atom stereocenters. The normalized spacial score (nSPS) is 12.7. The standard InChI is InChI=1S/C16H14F2N2O/c1-2-19-16(13-5-3-12(18)9-20-13)15-8-10-7-11(17)4-6-14(10)21-15/h3-9,16,19H,2H2,1H3. The minimum Gasteiger partial charge on any atom is -0.459 e. The molecule has 3 rings (SSSR count). The number of hydrogen-bond acceptors (Lipinski definition) is 3. The summed E-state index contributed by atoms with van der Waals surface area (Å²) < 4.78 is 32.0. The van der Waals surface area contributed by atoms with Crippen LogP contribution in [0.15, 0.2) is 47.0 Å². The lowest BCUT2D eigenvalue weighted by molar-refractivity contribution is 0.469. The van der Waals surface area contributed by atoms with Crippen molar-refractivity contribution in [1.29, 1.82) is 0 Å². The van der Waals surface area contributed by atoms with Gasteiger partial charge in [-0.2, -0.15) is 0 Å². The van der Waals surface area contributed by atoms with Crippen LogP contribution in [0.25, 0.3) is 11.0 Å². The van der Waals surface area contributed by atoms with Gasteiger partial charge in [0, 0.05) is 5.39 Å². The number of rotatable bonds is 4. The Morgan fingerprint density at radius 3 is 2.67 bits per heavy atom. The van der Waals surface area contributed by atoms with E-state index in [-0.39, 0.29) is 17.7 Å². The van der Waals surface area contributed by atoms with Gasteiger partial charge in [-0.05, 0) is 42.9 Å². The van der Waals surface area contributed by atoms with Gasteiger partial charge in [-0.25, -0.2) is 8.78 Å². The molecule has 1 atom stereocenters. The summed E-state index contributed by atoms with van der Waals surface area (Å²) in [5, 5.41) is 3.93. The Labute approximate surface area is 120 Å². The van der Waals surface area contributed by atoms with Gasteiger partial charge in [-0.15, -0.1) is 0 Å². The van der Waals surface area contributed by atoms with Crippen LogP contribution in [0.4, 0.5) is 8.78 Å². The van der Waals surface area contributed by atoms with E-state index in [1.807, 2.05) is 6.92 Å². The summed E-state index contributed by atoms with van der Waals surface area (Å²) >= 11 is 0. The van der Waals surface area contributed by atoms with E-state index >= 15 is 0 Å².